The van der Waals surface area contributed by atoms with Crippen molar-refractivity contribution >= 4 is 0 Å². The van der Waals surface area contributed by atoms with Crippen LogP contribution in [0, 0.1) is 13.8 Å². The Labute approximate surface area is 79.5 Å². The predicted molar refractivity (Wildman–Crippen MR) is 43.7 cm³/mol. The summed E-state index contributed by atoms with van der Waals surface area (Å²) >= 11 is 0. The molecule has 0 fully saturated rings. The maximum atomic E-state index is 10.5. The molecule has 0 aliphatic rings. The lowest BCUT2D eigenvalue weighted by atomic mass is 10.2. The Morgan fingerprint density at radius 2 is 2.00 bits per heavy atom. The Balaban J connectivity index is 2.48. The van der Waals surface area contributed by atoms with E-state index in [1.807, 2.05) is 0 Å². The van der Waals surface area contributed by atoms with Gasteiger partial charge in [0.05, 0.1) is 5.69 Å². The summed E-state index contributed by atoms with van der Waals surface area (Å²) in [6, 6.07) is 0. The second-order valence-electron chi connectivity index (χ2n) is 2.86. The highest BCUT2D eigenvalue weighted by Gasteiger charge is 2.17. The van der Waals surface area contributed by atoms with Crippen LogP contribution < -0.4 is 0 Å². The van der Waals surface area contributed by atoms with E-state index < -0.39 is 6.61 Å². The molecule has 14 heavy (non-hydrogen) atoms. The molecule has 0 N–H and O–H groups in total. The van der Waals surface area contributed by atoms with Gasteiger partial charge in [0.2, 0.25) is 5.82 Å². The Kier molecular flexibility index (Phi) is 2.05. The summed E-state index contributed by atoms with van der Waals surface area (Å²) in [5, 5.41) is 17.7. The third-order valence-electron chi connectivity index (χ3n) is 1.84. The third-order valence-corrected chi connectivity index (χ3v) is 1.84. The minimum absolute atomic E-state index is 0.139. The second kappa shape index (κ2) is 3.22. The molecule has 6 nitrogen and oxygen atoms in total. The van der Waals surface area contributed by atoms with Crippen LogP contribution in [0.25, 0.3) is 11.5 Å². The molecular weight excluding hydrogens is 186 g/mol. The highest BCUT2D eigenvalue weighted by molar-refractivity contribution is 5.57. The molecular formula is C8H8N3O3. The number of rotatable bonds is 2. The van der Waals surface area contributed by atoms with Gasteiger partial charge in [0.25, 0.3) is 5.89 Å². The topological polar surface area (TPSA) is 84.9 Å². The van der Waals surface area contributed by atoms with Crippen molar-refractivity contribution in [2.24, 2.45) is 0 Å². The van der Waals surface area contributed by atoms with Crippen molar-refractivity contribution in [1.29, 1.82) is 0 Å². The van der Waals surface area contributed by atoms with Gasteiger partial charge in [-0.05, 0) is 13.8 Å². The lowest BCUT2D eigenvalue weighted by Gasteiger charge is -1.88. The van der Waals surface area contributed by atoms with Crippen LogP contribution in [0.2, 0.25) is 0 Å². The van der Waals surface area contributed by atoms with Gasteiger partial charge in [0, 0.05) is 0 Å². The van der Waals surface area contributed by atoms with E-state index in [0.717, 1.165) is 0 Å². The quantitative estimate of drug-likeness (QED) is 0.718. The van der Waals surface area contributed by atoms with E-state index in [2.05, 4.69) is 15.3 Å². The minimum atomic E-state index is -0.493. The molecule has 2 aromatic heterocycles. The summed E-state index contributed by atoms with van der Waals surface area (Å²) in [6.07, 6.45) is 0. The van der Waals surface area contributed by atoms with Gasteiger partial charge in [-0.1, -0.05) is 10.3 Å². The van der Waals surface area contributed by atoms with Gasteiger partial charge < -0.3 is 9.05 Å². The summed E-state index contributed by atoms with van der Waals surface area (Å²) < 4.78 is 9.84. The second-order valence-corrected chi connectivity index (χ2v) is 2.86. The number of aromatic nitrogens is 3. The molecule has 0 unspecified atom stereocenters. The Morgan fingerprint density at radius 1 is 1.21 bits per heavy atom. The van der Waals surface area contributed by atoms with Crippen LogP contribution in [0.1, 0.15) is 17.3 Å². The maximum absolute atomic E-state index is 10.5. The van der Waals surface area contributed by atoms with Crippen LogP contribution in [-0.4, -0.2) is 15.3 Å². The number of aryl methyl sites for hydroxylation is 2. The van der Waals surface area contributed by atoms with E-state index >= 15 is 0 Å². The first-order valence-electron chi connectivity index (χ1n) is 4.06. The first-order valence-corrected chi connectivity index (χ1v) is 4.06. The van der Waals surface area contributed by atoms with Crippen molar-refractivity contribution in [3.8, 4) is 11.5 Å². The fourth-order valence-electron chi connectivity index (χ4n) is 1.20. The molecule has 6 heteroatoms. The zero-order valence-corrected chi connectivity index (χ0v) is 7.77. The summed E-state index contributed by atoms with van der Waals surface area (Å²) in [6.45, 7) is 3.02. The highest BCUT2D eigenvalue weighted by atomic mass is 16.5. The van der Waals surface area contributed by atoms with Crippen molar-refractivity contribution in [2.45, 2.75) is 20.5 Å². The fraction of sp³-hybridized carbons (Fsp3) is 0.375. The van der Waals surface area contributed by atoms with Crippen LogP contribution >= 0.6 is 0 Å². The summed E-state index contributed by atoms with van der Waals surface area (Å²) in [7, 11) is 0. The Hall–Kier alpha value is -1.69. The number of nitrogens with zero attached hydrogens (tertiary/aromatic N) is 3. The van der Waals surface area contributed by atoms with Gasteiger partial charge in [0.15, 0.2) is 0 Å². The molecule has 0 saturated carbocycles. The summed E-state index contributed by atoms with van der Waals surface area (Å²) in [4.78, 5) is 3.90. The van der Waals surface area contributed by atoms with Gasteiger partial charge in [-0.3, -0.25) is 0 Å². The molecule has 1 radical (unpaired) electrons. The highest BCUT2D eigenvalue weighted by Crippen LogP contribution is 2.24. The van der Waals surface area contributed by atoms with Crippen molar-refractivity contribution < 1.29 is 14.2 Å². The zero-order chi connectivity index (χ0) is 10.1. The maximum Gasteiger partial charge on any atom is 0.263 e. The Bertz CT molecular complexity index is 427. The minimum Gasteiger partial charge on any atom is -0.361 e. The zero-order valence-electron chi connectivity index (χ0n) is 7.77. The van der Waals surface area contributed by atoms with Crippen molar-refractivity contribution in [1.82, 2.24) is 15.3 Å². The molecule has 2 rings (SSSR count). The van der Waals surface area contributed by atoms with Crippen LogP contribution in [0.15, 0.2) is 9.05 Å². The predicted octanol–water partition coefficient (Wildman–Crippen LogP) is 1.27. The van der Waals surface area contributed by atoms with Crippen molar-refractivity contribution in [3.63, 3.8) is 0 Å². The molecule has 73 valence electrons. The van der Waals surface area contributed by atoms with Crippen LogP contribution in [0.5, 0.6) is 0 Å². The van der Waals surface area contributed by atoms with Gasteiger partial charge in [-0.2, -0.15) is 4.98 Å². The lowest BCUT2D eigenvalue weighted by molar-refractivity contribution is 0.166. The molecule has 2 heterocycles. The van der Waals surface area contributed by atoms with Gasteiger partial charge in [-0.15, -0.1) is 0 Å². The summed E-state index contributed by atoms with van der Waals surface area (Å²) in [5.41, 5.74) is 1.33. The van der Waals surface area contributed by atoms with E-state index in [0.29, 0.717) is 17.0 Å². The average molecular weight is 194 g/mol. The molecule has 2 aromatic rings. The molecule has 0 aliphatic carbocycles. The first-order chi connectivity index (χ1) is 6.72. The van der Waals surface area contributed by atoms with Gasteiger partial charge in [-0.25, -0.2) is 5.11 Å². The Morgan fingerprint density at radius 3 is 2.50 bits per heavy atom. The van der Waals surface area contributed by atoms with Crippen LogP contribution in [0.4, 0.5) is 0 Å². The van der Waals surface area contributed by atoms with E-state index in [9.17, 15) is 5.11 Å². The van der Waals surface area contributed by atoms with E-state index in [-0.39, 0.29) is 11.7 Å². The van der Waals surface area contributed by atoms with Gasteiger partial charge in [0.1, 0.15) is 17.9 Å². The molecule has 0 saturated heterocycles. The molecule has 0 aromatic carbocycles. The molecule has 0 spiro atoms. The normalized spacial score (nSPS) is 10.8. The first kappa shape index (κ1) is 8.89. The molecule has 0 bridgehead atoms. The smallest absolute Gasteiger partial charge is 0.263 e. The number of hydrogen-bond donors (Lipinski definition) is 0. The molecule has 0 amide bonds. The van der Waals surface area contributed by atoms with Crippen LogP contribution in [-0.2, 0) is 11.7 Å². The largest absolute Gasteiger partial charge is 0.361 e. The van der Waals surface area contributed by atoms with Crippen molar-refractivity contribution in [2.75, 3.05) is 0 Å². The van der Waals surface area contributed by atoms with E-state index in [1.165, 1.54) is 0 Å². The average Bonchev–Trinajstić information content (AvgIpc) is 2.73. The SMILES string of the molecule is Cc1noc(C)c1-c1nc(C[O])no1. The molecule has 0 aliphatic heterocycles. The standard InChI is InChI=1S/C8H8N3O3/c1-4-7(5(2)13-10-4)8-9-6(3-12)11-14-8/h3H2,1-2H3. The lowest BCUT2D eigenvalue weighted by Crippen LogP contribution is -1.85. The van der Waals surface area contributed by atoms with Crippen LogP contribution in [0.3, 0.4) is 0 Å². The van der Waals surface area contributed by atoms with Gasteiger partial charge >= 0.3 is 0 Å². The van der Waals surface area contributed by atoms with E-state index in [4.69, 9.17) is 9.05 Å². The van der Waals surface area contributed by atoms with E-state index in [1.54, 1.807) is 13.8 Å². The summed E-state index contributed by atoms with van der Waals surface area (Å²) in [5.74, 6) is 1.02. The number of hydrogen-bond acceptors (Lipinski definition) is 5. The fourth-order valence-corrected chi connectivity index (χ4v) is 1.20. The monoisotopic (exact) mass is 194 g/mol. The molecule has 0 atom stereocenters. The van der Waals surface area contributed by atoms with Crippen molar-refractivity contribution in [3.05, 3.63) is 17.3 Å². The third kappa shape index (κ3) is 1.29.